The Morgan fingerprint density at radius 1 is 1.33 bits per heavy atom. The normalized spacial score (nSPS) is 11.8. The smallest absolute Gasteiger partial charge is 0.269 e. The molecule has 0 radical (unpaired) electrons. The molecule has 114 valence electrons. The molecule has 0 amide bonds. The Hall–Kier alpha value is -1.49. The second-order valence-electron chi connectivity index (χ2n) is 5.01. The van der Waals surface area contributed by atoms with Crippen LogP contribution in [0.5, 0.6) is 0 Å². The van der Waals surface area contributed by atoms with E-state index < -0.39 is 17.5 Å². The minimum atomic E-state index is -2.81. The highest BCUT2D eigenvalue weighted by molar-refractivity contribution is 6.30. The fourth-order valence-corrected chi connectivity index (χ4v) is 2.88. The van der Waals surface area contributed by atoms with Crippen LogP contribution in [0.2, 0.25) is 5.15 Å². The number of aryl methyl sites for hydroxylation is 1. The molecule has 2 aromatic rings. The van der Waals surface area contributed by atoms with Crippen molar-refractivity contribution in [3.8, 4) is 0 Å². The number of hydrogen-bond donors (Lipinski definition) is 0. The molecular weight excluding hydrogens is 298 g/mol. The third-order valence-corrected chi connectivity index (χ3v) is 4.10. The first-order valence-corrected chi connectivity index (χ1v) is 7.28. The molecule has 2 heterocycles. The lowest BCUT2D eigenvalue weighted by molar-refractivity contribution is 0.148. The molecule has 0 aliphatic rings. The molecule has 0 unspecified atom stereocenters. The van der Waals surface area contributed by atoms with Crippen molar-refractivity contribution in [3.05, 3.63) is 38.9 Å². The van der Waals surface area contributed by atoms with Crippen LogP contribution in [-0.4, -0.2) is 9.55 Å². The molecule has 0 aromatic carbocycles. The number of rotatable bonds is 4. The lowest BCUT2D eigenvalue weighted by Gasteiger charge is -2.22. The Bertz CT molecular complexity index is 724. The van der Waals surface area contributed by atoms with Crippen LogP contribution in [0.3, 0.4) is 0 Å². The SMILES string of the molecule is CCC(CC)n1c(=O)c(C(F)F)c(C)c2cnc(Cl)cc21. The van der Waals surface area contributed by atoms with Crippen molar-refractivity contribution >= 4 is 22.5 Å². The van der Waals surface area contributed by atoms with E-state index in [1.54, 1.807) is 6.07 Å². The number of fused-ring (bicyclic) bond motifs is 1. The number of aromatic nitrogens is 2. The summed E-state index contributed by atoms with van der Waals surface area (Å²) in [5, 5.41) is 0.784. The fourth-order valence-electron chi connectivity index (χ4n) is 2.73. The Labute approximate surface area is 126 Å². The number of pyridine rings is 2. The first-order valence-electron chi connectivity index (χ1n) is 6.90. The van der Waals surface area contributed by atoms with Crippen molar-refractivity contribution < 1.29 is 8.78 Å². The summed E-state index contributed by atoms with van der Waals surface area (Å²) >= 11 is 5.91. The summed E-state index contributed by atoms with van der Waals surface area (Å²) in [6.07, 6.45) is 0.00386. The van der Waals surface area contributed by atoms with Crippen LogP contribution >= 0.6 is 11.6 Å². The molecule has 0 fully saturated rings. The lowest BCUT2D eigenvalue weighted by Crippen LogP contribution is -2.29. The summed E-state index contributed by atoms with van der Waals surface area (Å²) in [6.45, 7) is 5.38. The van der Waals surface area contributed by atoms with Gasteiger partial charge in [0.05, 0.1) is 11.1 Å². The van der Waals surface area contributed by atoms with Crippen LogP contribution in [0.4, 0.5) is 8.78 Å². The Morgan fingerprint density at radius 3 is 2.48 bits per heavy atom. The van der Waals surface area contributed by atoms with Gasteiger partial charge in [0.15, 0.2) is 0 Å². The van der Waals surface area contributed by atoms with Crippen molar-refractivity contribution in [1.29, 1.82) is 0 Å². The Kier molecular flexibility index (Phi) is 4.61. The van der Waals surface area contributed by atoms with Crippen LogP contribution in [0, 0.1) is 6.92 Å². The van der Waals surface area contributed by atoms with Gasteiger partial charge in [0.1, 0.15) is 5.15 Å². The maximum Gasteiger partial charge on any atom is 0.269 e. The average Bonchev–Trinajstić information content (AvgIpc) is 2.42. The minimum Gasteiger partial charge on any atom is -0.305 e. The van der Waals surface area contributed by atoms with E-state index >= 15 is 0 Å². The van der Waals surface area contributed by atoms with Crippen LogP contribution in [0.25, 0.3) is 10.9 Å². The Morgan fingerprint density at radius 2 is 1.95 bits per heavy atom. The van der Waals surface area contributed by atoms with Crippen LogP contribution in [-0.2, 0) is 0 Å². The highest BCUT2D eigenvalue weighted by atomic mass is 35.5. The van der Waals surface area contributed by atoms with E-state index in [4.69, 9.17) is 11.6 Å². The van der Waals surface area contributed by atoms with E-state index in [9.17, 15) is 13.6 Å². The van der Waals surface area contributed by atoms with Gasteiger partial charge in [0.2, 0.25) is 0 Å². The molecular formula is C15H17ClF2N2O. The van der Waals surface area contributed by atoms with Gasteiger partial charge in [0.25, 0.3) is 12.0 Å². The number of halogens is 3. The molecule has 0 saturated heterocycles. The zero-order chi connectivity index (χ0) is 15.7. The van der Waals surface area contributed by atoms with Gasteiger partial charge in [-0.15, -0.1) is 0 Å². The summed E-state index contributed by atoms with van der Waals surface area (Å²) in [7, 11) is 0. The first-order chi connectivity index (χ1) is 9.92. The maximum absolute atomic E-state index is 13.3. The molecule has 0 aliphatic heterocycles. The molecule has 0 bridgehead atoms. The molecule has 21 heavy (non-hydrogen) atoms. The van der Waals surface area contributed by atoms with Crippen LogP contribution in [0.1, 0.15) is 50.3 Å². The third-order valence-electron chi connectivity index (χ3n) is 3.89. The van der Waals surface area contributed by atoms with Gasteiger partial charge in [-0.2, -0.15) is 0 Å². The summed E-state index contributed by atoms with van der Waals surface area (Å²) in [5.74, 6) is 0. The van der Waals surface area contributed by atoms with E-state index in [1.165, 1.54) is 17.7 Å². The molecule has 0 saturated carbocycles. The number of hydrogen-bond acceptors (Lipinski definition) is 2. The van der Waals surface area contributed by atoms with Crippen LogP contribution in [0.15, 0.2) is 17.1 Å². The van der Waals surface area contributed by atoms with Crippen LogP contribution < -0.4 is 5.56 Å². The summed E-state index contributed by atoms with van der Waals surface area (Å²) in [5.41, 5.74) is -0.239. The predicted octanol–water partition coefficient (Wildman–Crippen LogP) is 4.66. The van der Waals surface area contributed by atoms with E-state index in [1.807, 2.05) is 13.8 Å². The average molecular weight is 315 g/mol. The molecule has 2 aromatic heterocycles. The largest absolute Gasteiger partial charge is 0.305 e. The van der Waals surface area contributed by atoms with Crippen molar-refractivity contribution in [2.75, 3.05) is 0 Å². The van der Waals surface area contributed by atoms with Crippen molar-refractivity contribution in [3.63, 3.8) is 0 Å². The third kappa shape index (κ3) is 2.67. The van der Waals surface area contributed by atoms with Gasteiger partial charge < -0.3 is 4.57 Å². The molecule has 3 nitrogen and oxygen atoms in total. The number of nitrogens with zero attached hydrogens (tertiary/aromatic N) is 2. The van der Waals surface area contributed by atoms with Gasteiger partial charge in [-0.25, -0.2) is 13.8 Å². The highest BCUT2D eigenvalue weighted by Gasteiger charge is 2.23. The van der Waals surface area contributed by atoms with Gasteiger partial charge in [0, 0.05) is 17.6 Å². The first kappa shape index (κ1) is 15.9. The highest BCUT2D eigenvalue weighted by Crippen LogP contribution is 2.29. The summed E-state index contributed by atoms with van der Waals surface area (Å²) < 4.78 is 28.0. The molecule has 2 rings (SSSR count). The van der Waals surface area contributed by atoms with Crippen molar-refractivity contribution in [1.82, 2.24) is 9.55 Å². The molecule has 0 spiro atoms. The van der Waals surface area contributed by atoms with Gasteiger partial charge >= 0.3 is 0 Å². The molecule has 0 aliphatic carbocycles. The molecule has 6 heteroatoms. The fraction of sp³-hybridized carbons (Fsp3) is 0.467. The quantitative estimate of drug-likeness (QED) is 0.769. The van der Waals surface area contributed by atoms with E-state index in [0.717, 1.165) is 0 Å². The molecule has 0 atom stereocenters. The van der Waals surface area contributed by atoms with Crippen molar-refractivity contribution in [2.45, 2.75) is 46.1 Å². The Balaban J connectivity index is 2.98. The van der Waals surface area contributed by atoms with Crippen molar-refractivity contribution in [2.24, 2.45) is 0 Å². The molecule has 0 N–H and O–H groups in total. The van der Waals surface area contributed by atoms with Gasteiger partial charge in [-0.3, -0.25) is 4.79 Å². The van der Waals surface area contributed by atoms with Gasteiger partial charge in [-0.05, 0) is 31.4 Å². The predicted molar refractivity (Wildman–Crippen MR) is 80.3 cm³/mol. The van der Waals surface area contributed by atoms with Gasteiger partial charge in [-0.1, -0.05) is 25.4 Å². The van der Waals surface area contributed by atoms with E-state index in [-0.39, 0.29) is 16.8 Å². The second-order valence-corrected chi connectivity index (χ2v) is 5.40. The second kappa shape index (κ2) is 6.10. The lowest BCUT2D eigenvalue weighted by atomic mass is 10.0. The summed E-state index contributed by atoms with van der Waals surface area (Å²) in [6, 6.07) is 1.43. The minimum absolute atomic E-state index is 0.142. The van der Waals surface area contributed by atoms with E-state index in [2.05, 4.69) is 4.98 Å². The van der Waals surface area contributed by atoms with E-state index in [0.29, 0.717) is 23.7 Å². The number of alkyl halides is 2. The summed E-state index contributed by atoms with van der Waals surface area (Å²) in [4.78, 5) is 16.5. The standard InChI is InChI=1S/C15H17ClF2N2O/c1-4-9(5-2)20-11-6-12(16)19-7-10(11)8(3)13(14(17)18)15(20)21/h6-7,9,14H,4-5H2,1-3H3. The zero-order valence-electron chi connectivity index (χ0n) is 12.2. The topological polar surface area (TPSA) is 34.9 Å². The maximum atomic E-state index is 13.3. The zero-order valence-corrected chi connectivity index (χ0v) is 12.9. The monoisotopic (exact) mass is 314 g/mol.